The van der Waals surface area contributed by atoms with Gasteiger partial charge in [0.2, 0.25) is 0 Å². The second kappa shape index (κ2) is 12.5. The Morgan fingerprint density at radius 2 is 1.61 bits per heavy atom. The second-order valence-corrected chi connectivity index (χ2v) is 9.46. The fraction of sp³-hybridized carbons (Fsp3) is 0.367. The Balaban J connectivity index is 1.55. The molecule has 1 unspecified atom stereocenters. The van der Waals surface area contributed by atoms with E-state index in [2.05, 4.69) is 27.7 Å². The maximum Gasteiger partial charge on any atom is 0.416 e. The Kier molecular flexibility index (Phi) is 9.07. The van der Waals surface area contributed by atoms with Crippen molar-refractivity contribution in [3.05, 3.63) is 101 Å². The zero-order chi connectivity index (χ0) is 27.1. The molecule has 0 radical (unpaired) electrons. The molecule has 8 heteroatoms. The number of anilines is 1. The third kappa shape index (κ3) is 6.74. The molecule has 1 fully saturated rings. The molecule has 202 valence electrons. The van der Waals surface area contributed by atoms with Crippen molar-refractivity contribution >= 4 is 11.6 Å². The molecule has 4 rings (SSSR count). The molecule has 1 amide bonds. The standard InChI is InChI=1S/C30H35F3N4O/c1-3-36(4-2)29(38)24-12-10-23(11-13-24)28(37-18-16-34-17-19-37)25-6-5-7-27(20-25)35-21-22-8-14-26(15-9-22)30(31,32)33/h5-15,20,28,34-35H,3-4,16-19,21H2,1-2H3. The fourth-order valence-corrected chi connectivity index (χ4v) is 4.89. The number of nitrogens with zero attached hydrogens (tertiary/aromatic N) is 2. The predicted octanol–water partition coefficient (Wildman–Crippen LogP) is 5.79. The molecule has 5 nitrogen and oxygen atoms in total. The van der Waals surface area contributed by atoms with Crippen LogP contribution in [0.25, 0.3) is 0 Å². The first-order valence-corrected chi connectivity index (χ1v) is 13.1. The molecule has 1 heterocycles. The number of nitrogens with one attached hydrogen (secondary N) is 2. The lowest BCUT2D eigenvalue weighted by molar-refractivity contribution is -0.137. The lowest BCUT2D eigenvalue weighted by Gasteiger charge is -2.36. The molecule has 0 spiro atoms. The summed E-state index contributed by atoms with van der Waals surface area (Å²) in [6.07, 6.45) is -4.34. The molecule has 1 saturated heterocycles. The first-order valence-electron chi connectivity index (χ1n) is 13.1. The minimum atomic E-state index is -4.34. The Morgan fingerprint density at radius 1 is 0.947 bits per heavy atom. The highest BCUT2D eigenvalue weighted by Crippen LogP contribution is 2.32. The summed E-state index contributed by atoms with van der Waals surface area (Å²) < 4.78 is 38.6. The van der Waals surface area contributed by atoms with Gasteiger partial charge in [-0.1, -0.05) is 36.4 Å². The van der Waals surface area contributed by atoms with Crippen molar-refractivity contribution in [1.29, 1.82) is 0 Å². The number of carbonyl (C=O) groups excluding carboxylic acids is 1. The van der Waals surface area contributed by atoms with E-state index in [4.69, 9.17) is 0 Å². The summed E-state index contributed by atoms with van der Waals surface area (Å²) >= 11 is 0. The van der Waals surface area contributed by atoms with Crippen LogP contribution in [-0.4, -0.2) is 55.0 Å². The summed E-state index contributed by atoms with van der Waals surface area (Å²) in [7, 11) is 0. The molecular formula is C30H35F3N4O. The van der Waals surface area contributed by atoms with Gasteiger partial charge in [0.1, 0.15) is 0 Å². The number of hydrogen-bond acceptors (Lipinski definition) is 4. The van der Waals surface area contributed by atoms with Crippen LogP contribution in [0.4, 0.5) is 18.9 Å². The van der Waals surface area contributed by atoms with Crippen molar-refractivity contribution in [3.63, 3.8) is 0 Å². The average Bonchev–Trinajstić information content (AvgIpc) is 2.94. The van der Waals surface area contributed by atoms with Crippen LogP contribution in [0.5, 0.6) is 0 Å². The van der Waals surface area contributed by atoms with Gasteiger partial charge in [0.25, 0.3) is 5.91 Å². The van der Waals surface area contributed by atoms with Gasteiger partial charge in [0.15, 0.2) is 0 Å². The third-order valence-corrected chi connectivity index (χ3v) is 7.02. The van der Waals surface area contributed by atoms with Crippen LogP contribution in [0.3, 0.4) is 0 Å². The summed E-state index contributed by atoms with van der Waals surface area (Å²) in [6.45, 7) is 9.33. The third-order valence-electron chi connectivity index (χ3n) is 7.02. The maximum absolute atomic E-state index is 12.9. The van der Waals surface area contributed by atoms with E-state index in [1.165, 1.54) is 12.1 Å². The number of rotatable bonds is 9. The zero-order valence-electron chi connectivity index (χ0n) is 21.9. The van der Waals surface area contributed by atoms with Crippen LogP contribution < -0.4 is 10.6 Å². The average molecular weight is 525 g/mol. The minimum absolute atomic E-state index is 0.0162. The summed E-state index contributed by atoms with van der Waals surface area (Å²) in [5.41, 5.74) is 3.94. The highest BCUT2D eigenvalue weighted by molar-refractivity contribution is 5.94. The van der Waals surface area contributed by atoms with E-state index >= 15 is 0 Å². The van der Waals surface area contributed by atoms with Crippen LogP contribution >= 0.6 is 0 Å². The van der Waals surface area contributed by atoms with Gasteiger partial charge in [-0.3, -0.25) is 9.69 Å². The van der Waals surface area contributed by atoms with Crippen molar-refractivity contribution in [2.45, 2.75) is 32.6 Å². The molecule has 1 atom stereocenters. The number of alkyl halides is 3. The number of carbonyl (C=O) groups is 1. The molecule has 0 saturated carbocycles. The van der Waals surface area contributed by atoms with E-state index in [9.17, 15) is 18.0 Å². The van der Waals surface area contributed by atoms with Crippen LogP contribution in [-0.2, 0) is 12.7 Å². The van der Waals surface area contributed by atoms with Gasteiger partial charge >= 0.3 is 6.18 Å². The molecule has 1 aliphatic rings. The number of benzene rings is 3. The van der Waals surface area contributed by atoms with Gasteiger partial charge in [-0.05, 0) is 66.9 Å². The van der Waals surface area contributed by atoms with Crippen LogP contribution in [0, 0.1) is 0 Å². The van der Waals surface area contributed by atoms with Crippen molar-refractivity contribution in [1.82, 2.24) is 15.1 Å². The summed E-state index contributed by atoms with van der Waals surface area (Å²) in [4.78, 5) is 17.1. The monoisotopic (exact) mass is 524 g/mol. The quantitative estimate of drug-likeness (QED) is 0.372. The predicted molar refractivity (Wildman–Crippen MR) is 145 cm³/mol. The highest BCUT2D eigenvalue weighted by atomic mass is 19.4. The molecule has 0 aliphatic carbocycles. The summed E-state index contributed by atoms with van der Waals surface area (Å²) in [5, 5.41) is 6.77. The number of amides is 1. The van der Waals surface area contributed by atoms with Crippen molar-refractivity contribution < 1.29 is 18.0 Å². The van der Waals surface area contributed by atoms with Gasteiger partial charge in [-0.2, -0.15) is 13.2 Å². The van der Waals surface area contributed by atoms with E-state index in [1.807, 2.05) is 55.1 Å². The number of hydrogen-bond donors (Lipinski definition) is 2. The molecule has 0 aromatic heterocycles. The van der Waals surface area contributed by atoms with Crippen LogP contribution in [0.15, 0.2) is 72.8 Å². The van der Waals surface area contributed by atoms with Crippen LogP contribution in [0.1, 0.15) is 52.5 Å². The van der Waals surface area contributed by atoms with E-state index in [0.29, 0.717) is 25.2 Å². The number of piperazine rings is 1. The van der Waals surface area contributed by atoms with E-state index in [-0.39, 0.29) is 11.9 Å². The van der Waals surface area contributed by atoms with E-state index in [1.54, 1.807) is 0 Å². The fourth-order valence-electron chi connectivity index (χ4n) is 4.89. The van der Waals surface area contributed by atoms with E-state index < -0.39 is 11.7 Å². The highest BCUT2D eigenvalue weighted by Gasteiger charge is 2.30. The molecular weight excluding hydrogens is 489 g/mol. The Hall–Kier alpha value is -3.36. The molecule has 3 aromatic carbocycles. The van der Waals surface area contributed by atoms with Gasteiger partial charge in [-0.15, -0.1) is 0 Å². The largest absolute Gasteiger partial charge is 0.416 e. The second-order valence-electron chi connectivity index (χ2n) is 9.46. The summed E-state index contributed by atoms with van der Waals surface area (Å²) in [6, 6.07) is 21.3. The van der Waals surface area contributed by atoms with Crippen molar-refractivity contribution in [3.8, 4) is 0 Å². The molecule has 38 heavy (non-hydrogen) atoms. The molecule has 1 aliphatic heterocycles. The molecule has 2 N–H and O–H groups in total. The van der Waals surface area contributed by atoms with Crippen molar-refractivity contribution in [2.24, 2.45) is 0 Å². The summed E-state index contributed by atoms with van der Waals surface area (Å²) in [5.74, 6) is 0.0368. The lowest BCUT2D eigenvalue weighted by atomic mass is 9.95. The maximum atomic E-state index is 12.9. The lowest BCUT2D eigenvalue weighted by Crippen LogP contribution is -2.45. The van der Waals surface area contributed by atoms with Gasteiger partial charge in [-0.25, -0.2) is 0 Å². The molecule has 3 aromatic rings. The Morgan fingerprint density at radius 3 is 2.21 bits per heavy atom. The number of halogens is 3. The Labute approximate surface area is 222 Å². The van der Waals surface area contributed by atoms with Gasteiger partial charge in [0, 0.05) is 57.1 Å². The first kappa shape index (κ1) is 27.7. The minimum Gasteiger partial charge on any atom is -0.381 e. The van der Waals surface area contributed by atoms with Gasteiger partial charge < -0.3 is 15.5 Å². The first-order chi connectivity index (χ1) is 18.3. The smallest absolute Gasteiger partial charge is 0.381 e. The van der Waals surface area contributed by atoms with Gasteiger partial charge in [0.05, 0.1) is 11.6 Å². The normalized spacial score (nSPS) is 15.2. The zero-order valence-corrected chi connectivity index (χ0v) is 21.9. The SMILES string of the molecule is CCN(CC)C(=O)c1ccc(C(c2cccc(NCc3ccc(C(F)(F)F)cc3)c2)N2CCNCC2)cc1. The molecule has 0 bridgehead atoms. The van der Waals surface area contributed by atoms with E-state index in [0.717, 1.165) is 60.7 Å². The van der Waals surface area contributed by atoms with Crippen molar-refractivity contribution in [2.75, 3.05) is 44.6 Å². The van der Waals surface area contributed by atoms with Crippen LogP contribution in [0.2, 0.25) is 0 Å². The Bertz CT molecular complexity index is 1190. The topological polar surface area (TPSA) is 47.6 Å².